The Morgan fingerprint density at radius 3 is 2.45 bits per heavy atom. The predicted molar refractivity (Wildman–Crippen MR) is 123 cm³/mol. The minimum Gasteiger partial charge on any atom is -0.497 e. The summed E-state index contributed by atoms with van der Waals surface area (Å²) in [6.45, 7) is 8.47. The average molecular weight is 438 g/mol. The summed E-state index contributed by atoms with van der Waals surface area (Å²) in [6, 6.07) is 14.6. The van der Waals surface area contributed by atoms with Crippen LogP contribution in [-0.4, -0.2) is 29.5 Å². The van der Waals surface area contributed by atoms with Gasteiger partial charge in [0, 0.05) is 27.7 Å². The standard InChI is InChI=1S/C24H27N3O3S/c1-15(2)25-22(28)19-11-9-18(10-12-19)14-27-16(3)17(4)31-24(27)26-23(29)20-7-6-8-21(13-20)30-5/h6-13,15H,14H2,1-5H3,(H,25,28). The van der Waals surface area contributed by atoms with Gasteiger partial charge in [-0.15, -0.1) is 11.3 Å². The molecule has 0 spiro atoms. The molecule has 6 nitrogen and oxygen atoms in total. The molecule has 1 N–H and O–H groups in total. The van der Waals surface area contributed by atoms with Crippen LogP contribution in [0.5, 0.6) is 5.75 Å². The SMILES string of the molecule is COc1cccc(C(=O)N=c2sc(C)c(C)n2Cc2ccc(C(=O)NC(C)C)cc2)c1. The molecule has 1 heterocycles. The summed E-state index contributed by atoms with van der Waals surface area (Å²) < 4.78 is 7.23. The second-order valence-corrected chi connectivity index (χ2v) is 8.77. The molecule has 3 rings (SSSR count). The van der Waals surface area contributed by atoms with Crippen LogP contribution in [0.3, 0.4) is 0 Å². The van der Waals surface area contributed by atoms with E-state index >= 15 is 0 Å². The Kier molecular flexibility index (Phi) is 7.07. The average Bonchev–Trinajstić information content (AvgIpc) is 3.01. The van der Waals surface area contributed by atoms with Crippen molar-refractivity contribution in [2.45, 2.75) is 40.3 Å². The molecule has 162 valence electrons. The van der Waals surface area contributed by atoms with Gasteiger partial charge < -0.3 is 14.6 Å². The third kappa shape index (κ3) is 5.49. The highest BCUT2D eigenvalue weighted by atomic mass is 32.1. The lowest BCUT2D eigenvalue weighted by Crippen LogP contribution is -2.30. The maximum atomic E-state index is 12.7. The maximum Gasteiger partial charge on any atom is 0.279 e. The second-order valence-electron chi connectivity index (χ2n) is 7.59. The third-order valence-corrected chi connectivity index (χ3v) is 5.98. The largest absolute Gasteiger partial charge is 0.497 e. The first kappa shape index (κ1) is 22.5. The van der Waals surface area contributed by atoms with Gasteiger partial charge in [0.25, 0.3) is 11.8 Å². The number of carbonyl (C=O) groups excluding carboxylic acids is 2. The second kappa shape index (κ2) is 9.75. The summed E-state index contributed by atoms with van der Waals surface area (Å²) in [5.41, 5.74) is 3.19. The Morgan fingerprint density at radius 2 is 1.81 bits per heavy atom. The van der Waals surface area contributed by atoms with Crippen LogP contribution in [0.4, 0.5) is 0 Å². The third-order valence-electron chi connectivity index (χ3n) is 4.88. The highest BCUT2D eigenvalue weighted by Crippen LogP contribution is 2.15. The van der Waals surface area contributed by atoms with Crippen molar-refractivity contribution >= 4 is 23.2 Å². The number of aromatic nitrogens is 1. The number of hydrogen-bond acceptors (Lipinski definition) is 4. The fourth-order valence-electron chi connectivity index (χ4n) is 3.07. The summed E-state index contributed by atoms with van der Waals surface area (Å²) in [4.78, 5) is 31.0. The van der Waals surface area contributed by atoms with Gasteiger partial charge in [-0.2, -0.15) is 4.99 Å². The van der Waals surface area contributed by atoms with E-state index in [1.54, 1.807) is 31.4 Å². The van der Waals surface area contributed by atoms with Gasteiger partial charge in [0.15, 0.2) is 4.80 Å². The van der Waals surface area contributed by atoms with E-state index in [0.29, 0.717) is 28.2 Å². The zero-order valence-electron chi connectivity index (χ0n) is 18.4. The number of carbonyl (C=O) groups is 2. The van der Waals surface area contributed by atoms with Crippen LogP contribution in [0.15, 0.2) is 53.5 Å². The van der Waals surface area contributed by atoms with Crippen molar-refractivity contribution in [1.82, 2.24) is 9.88 Å². The number of nitrogens with one attached hydrogen (secondary N) is 1. The van der Waals surface area contributed by atoms with Crippen molar-refractivity contribution in [3.8, 4) is 5.75 Å². The number of thiazole rings is 1. The first-order chi connectivity index (χ1) is 14.8. The molecule has 0 fully saturated rings. The van der Waals surface area contributed by atoms with Crippen molar-refractivity contribution in [1.29, 1.82) is 0 Å². The molecular weight excluding hydrogens is 410 g/mol. The number of benzene rings is 2. The van der Waals surface area contributed by atoms with Gasteiger partial charge in [0.1, 0.15) is 5.75 Å². The van der Waals surface area contributed by atoms with E-state index < -0.39 is 0 Å². The van der Waals surface area contributed by atoms with Crippen LogP contribution in [-0.2, 0) is 6.54 Å². The smallest absolute Gasteiger partial charge is 0.279 e. The molecule has 0 aliphatic heterocycles. The summed E-state index contributed by atoms with van der Waals surface area (Å²) in [5, 5.41) is 2.89. The van der Waals surface area contributed by atoms with Crippen molar-refractivity contribution in [3.05, 3.63) is 80.6 Å². The van der Waals surface area contributed by atoms with E-state index in [4.69, 9.17) is 4.74 Å². The molecule has 7 heteroatoms. The molecule has 1 aromatic heterocycles. The normalized spacial score (nSPS) is 11.6. The van der Waals surface area contributed by atoms with E-state index in [9.17, 15) is 9.59 Å². The van der Waals surface area contributed by atoms with Gasteiger partial charge in [-0.25, -0.2) is 0 Å². The molecule has 0 saturated heterocycles. The summed E-state index contributed by atoms with van der Waals surface area (Å²) in [5.74, 6) is 0.222. The van der Waals surface area contributed by atoms with Crippen LogP contribution in [0.2, 0.25) is 0 Å². The molecule has 0 aliphatic carbocycles. The summed E-state index contributed by atoms with van der Waals surface area (Å²) in [6.07, 6.45) is 0. The number of methoxy groups -OCH3 is 1. The van der Waals surface area contributed by atoms with Crippen molar-refractivity contribution in [2.24, 2.45) is 4.99 Å². The van der Waals surface area contributed by atoms with Gasteiger partial charge in [-0.05, 0) is 63.6 Å². The minimum absolute atomic E-state index is 0.0867. The number of aryl methyl sites for hydroxylation is 1. The first-order valence-electron chi connectivity index (χ1n) is 10.1. The van der Waals surface area contributed by atoms with Gasteiger partial charge in [-0.1, -0.05) is 18.2 Å². The lowest BCUT2D eigenvalue weighted by atomic mass is 10.1. The van der Waals surface area contributed by atoms with Gasteiger partial charge in [0.05, 0.1) is 13.7 Å². The fourth-order valence-corrected chi connectivity index (χ4v) is 4.04. The zero-order valence-corrected chi connectivity index (χ0v) is 19.2. The number of hydrogen-bond donors (Lipinski definition) is 1. The number of amides is 2. The molecule has 0 atom stereocenters. The summed E-state index contributed by atoms with van der Waals surface area (Å²) in [7, 11) is 1.57. The molecule has 0 bridgehead atoms. The summed E-state index contributed by atoms with van der Waals surface area (Å²) >= 11 is 1.49. The van der Waals surface area contributed by atoms with Gasteiger partial charge >= 0.3 is 0 Å². The van der Waals surface area contributed by atoms with Crippen LogP contribution in [0, 0.1) is 13.8 Å². The maximum absolute atomic E-state index is 12.7. The lowest BCUT2D eigenvalue weighted by Gasteiger charge is -2.10. The lowest BCUT2D eigenvalue weighted by molar-refractivity contribution is 0.0942. The number of rotatable bonds is 6. The highest BCUT2D eigenvalue weighted by molar-refractivity contribution is 7.09. The Labute approximate surface area is 186 Å². The number of nitrogens with zero attached hydrogens (tertiary/aromatic N) is 2. The van der Waals surface area contributed by atoms with E-state index in [0.717, 1.165) is 16.1 Å². The van der Waals surface area contributed by atoms with E-state index in [2.05, 4.69) is 10.3 Å². The zero-order chi connectivity index (χ0) is 22.5. The molecule has 0 unspecified atom stereocenters. The molecule has 31 heavy (non-hydrogen) atoms. The van der Waals surface area contributed by atoms with Crippen molar-refractivity contribution in [3.63, 3.8) is 0 Å². The Hall–Kier alpha value is -3.19. The Balaban J connectivity index is 1.88. The van der Waals surface area contributed by atoms with Crippen molar-refractivity contribution in [2.75, 3.05) is 7.11 Å². The molecule has 0 aliphatic rings. The Bertz CT molecular complexity index is 1160. The Morgan fingerprint density at radius 1 is 1.10 bits per heavy atom. The molecule has 0 radical (unpaired) electrons. The number of ether oxygens (including phenoxy) is 1. The molecule has 3 aromatic rings. The minimum atomic E-state index is -0.311. The first-order valence-corrected chi connectivity index (χ1v) is 10.9. The topological polar surface area (TPSA) is 72.7 Å². The predicted octanol–water partition coefficient (Wildman–Crippen LogP) is 4.10. The van der Waals surface area contributed by atoms with Gasteiger partial charge in [-0.3, -0.25) is 9.59 Å². The molecule has 0 saturated carbocycles. The highest BCUT2D eigenvalue weighted by Gasteiger charge is 2.12. The van der Waals surface area contributed by atoms with E-state index in [-0.39, 0.29) is 17.9 Å². The monoisotopic (exact) mass is 437 g/mol. The quantitative estimate of drug-likeness (QED) is 0.631. The van der Waals surface area contributed by atoms with Crippen LogP contribution in [0.25, 0.3) is 0 Å². The van der Waals surface area contributed by atoms with Gasteiger partial charge in [0.2, 0.25) is 0 Å². The van der Waals surface area contributed by atoms with E-state index in [1.165, 1.54) is 11.3 Å². The van der Waals surface area contributed by atoms with Crippen LogP contribution < -0.4 is 14.9 Å². The molecular formula is C24H27N3O3S. The van der Waals surface area contributed by atoms with E-state index in [1.807, 2.05) is 56.5 Å². The molecule has 2 amide bonds. The van der Waals surface area contributed by atoms with Crippen LogP contribution in [0.1, 0.15) is 50.7 Å². The fraction of sp³-hybridized carbons (Fsp3) is 0.292. The van der Waals surface area contributed by atoms with Crippen LogP contribution >= 0.6 is 11.3 Å². The van der Waals surface area contributed by atoms with Crippen molar-refractivity contribution < 1.29 is 14.3 Å². The molecule has 2 aromatic carbocycles.